The molecule has 7 rings (SSSR count). The van der Waals surface area contributed by atoms with E-state index in [9.17, 15) is 0 Å². The normalized spacial score (nSPS) is 11.9. The van der Waals surface area contributed by atoms with Crippen molar-refractivity contribution < 1.29 is 4.39 Å². The summed E-state index contributed by atoms with van der Waals surface area (Å²) in [5.74, 6) is 0.741. The summed E-state index contributed by atoms with van der Waals surface area (Å²) in [5, 5.41) is 2.47. The molecule has 0 radical (unpaired) electrons. The molecule has 206 valence electrons. The second-order valence-electron chi connectivity index (χ2n) is 11.5. The van der Waals surface area contributed by atoms with Crippen LogP contribution in [-0.4, -0.2) is 14.1 Å². The fourth-order valence-electron chi connectivity index (χ4n) is 6.39. The van der Waals surface area contributed by atoms with E-state index < -0.39 is 5.67 Å². The molecule has 0 atom stereocenters. The van der Waals surface area contributed by atoms with Gasteiger partial charge in [-0.1, -0.05) is 66.7 Å². The maximum Gasteiger partial charge on any atom is 0.144 e. The van der Waals surface area contributed by atoms with E-state index >= 15 is 4.39 Å². The molecule has 0 aliphatic rings. The fraction of sp³-hybridized carbons (Fsp3) is 0.132. The average Bonchev–Trinajstić information content (AvgIpc) is 3.59. The molecular weight excluding hydrogens is 517 g/mol. The molecule has 0 saturated heterocycles. The highest BCUT2D eigenvalue weighted by Gasteiger charge is 2.25. The van der Waals surface area contributed by atoms with Gasteiger partial charge in [0.1, 0.15) is 11.5 Å². The minimum absolute atomic E-state index is 0.632. The van der Waals surface area contributed by atoms with E-state index in [2.05, 4.69) is 113 Å². The SMILES string of the molecule is Cc1cc(-c2ccc3c(c2)c2ccccc2n3-c2ccccc2)cc(C)c1-n1ccnc1-c1ccccc1C(C)(C)F. The lowest BCUT2D eigenvalue weighted by Gasteiger charge is -2.21. The van der Waals surface area contributed by atoms with Crippen LogP contribution in [-0.2, 0) is 5.67 Å². The number of aryl methyl sites for hydroxylation is 2. The summed E-state index contributed by atoms with van der Waals surface area (Å²) in [4.78, 5) is 4.68. The molecule has 0 amide bonds. The number of para-hydroxylation sites is 2. The molecule has 7 aromatic rings. The number of imidazole rings is 1. The monoisotopic (exact) mass is 549 g/mol. The first-order valence-electron chi connectivity index (χ1n) is 14.3. The van der Waals surface area contributed by atoms with Crippen molar-refractivity contribution in [3.8, 4) is 33.9 Å². The Morgan fingerprint density at radius 2 is 1.33 bits per heavy atom. The third-order valence-electron chi connectivity index (χ3n) is 8.20. The summed E-state index contributed by atoms with van der Waals surface area (Å²) in [6.45, 7) is 7.47. The van der Waals surface area contributed by atoms with Crippen molar-refractivity contribution >= 4 is 21.8 Å². The number of hydrogen-bond acceptors (Lipinski definition) is 1. The standard InChI is InChI=1S/C38H32FN3/c1-25-22-28(23-26(2)36(25)41-21-20-40-37(41)31-15-8-10-16-33(31)38(3,4)39)27-18-19-35-32(24-27)30-14-9-11-17-34(30)42(35)29-12-6-5-7-13-29/h5-24H,1-4H3. The zero-order valence-corrected chi connectivity index (χ0v) is 24.3. The van der Waals surface area contributed by atoms with Gasteiger partial charge in [0.25, 0.3) is 0 Å². The summed E-state index contributed by atoms with van der Waals surface area (Å²) >= 11 is 0. The molecule has 2 heterocycles. The summed E-state index contributed by atoms with van der Waals surface area (Å²) in [6, 6.07) is 38.0. The number of benzene rings is 5. The molecule has 0 spiro atoms. The quantitative estimate of drug-likeness (QED) is 0.209. The van der Waals surface area contributed by atoms with Gasteiger partial charge >= 0.3 is 0 Å². The predicted molar refractivity (Wildman–Crippen MR) is 172 cm³/mol. The molecule has 5 aromatic carbocycles. The number of hydrogen-bond donors (Lipinski definition) is 0. The molecule has 0 bridgehead atoms. The van der Waals surface area contributed by atoms with Crippen molar-refractivity contribution in [3.05, 3.63) is 138 Å². The van der Waals surface area contributed by atoms with E-state index in [-0.39, 0.29) is 0 Å². The Hall–Kier alpha value is -4.96. The minimum atomic E-state index is -1.48. The smallest absolute Gasteiger partial charge is 0.144 e. The Morgan fingerprint density at radius 3 is 2.10 bits per heavy atom. The van der Waals surface area contributed by atoms with Gasteiger partial charge in [-0.2, -0.15) is 0 Å². The highest BCUT2D eigenvalue weighted by Crippen LogP contribution is 2.38. The molecule has 0 N–H and O–H groups in total. The zero-order chi connectivity index (χ0) is 29.0. The van der Waals surface area contributed by atoms with Crippen LogP contribution in [0.2, 0.25) is 0 Å². The Bertz CT molecular complexity index is 2070. The first kappa shape index (κ1) is 26.0. The summed E-state index contributed by atoms with van der Waals surface area (Å²) in [6.07, 6.45) is 3.76. The van der Waals surface area contributed by atoms with Crippen LogP contribution < -0.4 is 0 Å². The highest BCUT2D eigenvalue weighted by molar-refractivity contribution is 6.10. The van der Waals surface area contributed by atoms with Gasteiger partial charge in [0.15, 0.2) is 0 Å². The van der Waals surface area contributed by atoms with Gasteiger partial charge in [0.05, 0.1) is 16.7 Å². The van der Waals surface area contributed by atoms with E-state index in [1.807, 2.05) is 30.5 Å². The number of halogens is 1. The molecule has 42 heavy (non-hydrogen) atoms. The number of fused-ring (bicyclic) bond motifs is 3. The lowest BCUT2D eigenvalue weighted by atomic mass is 9.94. The second kappa shape index (κ2) is 9.85. The summed E-state index contributed by atoms with van der Waals surface area (Å²) in [7, 11) is 0. The lowest BCUT2D eigenvalue weighted by Crippen LogP contribution is -2.12. The number of rotatable bonds is 5. The third-order valence-corrected chi connectivity index (χ3v) is 8.20. The van der Waals surface area contributed by atoms with Crippen LogP contribution in [0.25, 0.3) is 55.7 Å². The Balaban J connectivity index is 1.36. The molecule has 0 fully saturated rings. The molecule has 0 saturated carbocycles. The van der Waals surface area contributed by atoms with E-state index in [1.54, 1.807) is 20.0 Å². The van der Waals surface area contributed by atoms with Crippen LogP contribution in [0, 0.1) is 13.8 Å². The molecule has 0 aliphatic heterocycles. The van der Waals surface area contributed by atoms with Crippen molar-refractivity contribution in [3.63, 3.8) is 0 Å². The zero-order valence-electron chi connectivity index (χ0n) is 24.3. The molecule has 4 heteroatoms. The van der Waals surface area contributed by atoms with Crippen LogP contribution in [0.4, 0.5) is 4.39 Å². The van der Waals surface area contributed by atoms with Crippen LogP contribution in [0.15, 0.2) is 122 Å². The van der Waals surface area contributed by atoms with Gasteiger partial charge in [-0.25, -0.2) is 9.37 Å². The van der Waals surface area contributed by atoms with E-state index in [0.29, 0.717) is 5.56 Å². The molecule has 2 aromatic heterocycles. The number of aromatic nitrogens is 3. The Labute approximate surface area is 245 Å². The third kappa shape index (κ3) is 4.22. The fourth-order valence-corrected chi connectivity index (χ4v) is 6.39. The predicted octanol–water partition coefficient (Wildman–Crippen LogP) is 10.1. The topological polar surface area (TPSA) is 22.8 Å². The minimum Gasteiger partial charge on any atom is -0.309 e. The van der Waals surface area contributed by atoms with Gasteiger partial charge in [-0.15, -0.1) is 0 Å². The molecule has 3 nitrogen and oxygen atoms in total. The van der Waals surface area contributed by atoms with Crippen LogP contribution >= 0.6 is 0 Å². The summed E-state index contributed by atoms with van der Waals surface area (Å²) < 4.78 is 19.6. The second-order valence-corrected chi connectivity index (χ2v) is 11.5. The summed E-state index contributed by atoms with van der Waals surface area (Å²) in [5.41, 5.74) is 9.17. The van der Waals surface area contributed by atoms with Crippen molar-refractivity contribution in [2.75, 3.05) is 0 Å². The first-order chi connectivity index (χ1) is 20.3. The maximum atomic E-state index is 15.2. The van der Waals surface area contributed by atoms with E-state index in [1.165, 1.54) is 32.9 Å². The van der Waals surface area contributed by atoms with Gasteiger partial charge in [-0.05, 0) is 98.0 Å². The Kier molecular flexibility index (Phi) is 6.09. The number of nitrogens with zero attached hydrogens (tertiary/aromatic N) is 3. The largest absolute Gasteiger partial charge is 0.309 e. The molecule has 0 unspecified atom stereocenters. The van der Waals surface area contributed by atoms with Gasteiger partial charge in [0, 0.05) is 34.4 Å². The van der Waals surface area contributed by atoms with Crippen molar-refractivity contribution in [1.29, 1.82) is 0 Å². The number of alkyl halides is 1. The Morgan fingerprint density at radius 1 is 0.667 bits per heavy atom. The van der Waals surface area contributed by atoms with Crippen molar-refractivity contribution in [2.45, 2.75) is 33.4 Å². The van der Waals surface area contributed by atoms with Crippen LogP contribution in [0.5, 0.6) is 0 Å². The van der Waals surface area contributed by atoms with Gasteiger partial charge in [-0.3, -0.25) is 4.57 Å². The molecular formula is C38H32FN3. The van der Waals surface area contributed by atoms with Gasteiger partial charge < -0.3 is 4.57 Å². The first-order valence-corrected chi connectivity index (χ1v) is 14.3. The maximum absolute atomic E-state index is 15.2. The van der Waals surface area contributed by atoms with Crippen molar-refractivity contribution in [1.82, 2.24) is 14.1 Å². The molecule has 0 aliphatic carbocycles. The van der Waals surface area contributed by atoms with Gasteiger partial charge in [0.2, 0.25) is 0 Å². The average molecular weight is 550 g/mol. The van der Waals surface area contributed by atoms with E-state index in [4.69, 9.17) is 0 Å². The lowest BCUT2D eigenvalue weighted by molar-refractivity contribution is 0.222. The van der Waals surface area contributed by atoms with Crippen LogP contribution in [0.1, 0.15) is 30.5 Å². The highest BCUT2D eigenvalue weighted by atomic mass is 19.1. The van der Waals surface area contributed by atoms with E-state index in [0.717, 1.165) is 33.9 Å². The van der Waals surface area contributed by atoms with Crippen LogP contribution in [0.3, 0.4) is 0 Å². The van der Waals surface area contributed by atoms with Crippen molar-refractivity contribution in [2.24, 2.45) is 0 Å².